The van der Waals surface area contributed by atoms with Gasteiger partial charge in [-0.15, -0.1) is 0 Å². The average molecular weight is 404 g/mol. The maximum Gasteiger partial charge on any atom is 0.219 e. The van der Waals surface area contributed by atoms with Gasteiger partial charge in [0.25, 0.3) is 0 Å². The maximum atomic E-state index is 11.8. The van der Waals surface area contributed by atoms with E-state index in [4.69, 9.17) is 0 Å². The lowest BCUT2D eigenvalue weighted by Crippen LogP contribution is -2.25. The molecule has 1 aliphatic carbocycles. The van der Waals surface area contributed by atoms with Crippen molar-refractivity contribution in [2.45, 2.75) is 129 Å². The number of carbonyl (C=O) groups excluding carboxylic acids is 1. The van der Waals surface area contributed by atoms with Gasteiger partial charge in [0.1, 0.15) is 0 Å². The molecule has 0 saturated heterocycles. The Bertz CT molecular complexity index is 414. The molecule has 0 aromatic rings. The predicted octanol–water partition coefficient (Wildman–Crippen LogP) is 8.28. The molecule has 0 atom stereocenters. The third-order valence-corrected chi connectivity index (χ3v) is 6.13. The molecule has 1 amide bonds. The zero-order chi connectivity index (χ0) is 20.8. The summed E-state index contributed by atoms with van der Waals surface area (Å²) in [6.07, 6.45) is 33.8. The van der Waals surface area contributed by atoms with Gasteiger partial charge in [0.15, 0.2) is 0 Å². The lowest BCUT2D eigenvalue weighted by molar-refractivity contribution is -0.121. The molecule has 1 rings (SSSR count). The predicted molar refractivity (Wildman–Crippen MR) is 128 cm³/mol. The topological polar surface area (TPSA) is 29.1 Å². The largest absolute Gasteiger partial charge is 0.356 e. The fourth-order valence-corrected chi connectivity index (χ4v) is 4.15. The standard InChI is InChI=1S/C27H49NO/c1-2-3-4-5-6-7-8-9-10-11-12-13-14-15-16-17-18-23-27(29)28-25-24-26-21-19-20-22-26/h19-22,26H,2-18,23-25H2,1H3,(H,28,29). The molecule has 0 aromatic heterocycles. The minimum absolute atomic E-state index is 0.233. The van der Waals surface area contributed by atoms with Gasteiger partial charge in [0.2, 0.25) is 5.91 Å². The lowest BCUT2D eigenvalue weighted by Gasteiger charge is -2.07. The van der Waals surface area contributed by atoms with Crippen LogP contribution in [0.5, 0.6) is 0 Å². The van der Waals surface area contributed by atoms with E-state index in [1.54, 1.807) is 0 Å². The fourth-order valence-electron chi connectivity index (χ4n) is 4.15. The average Bonchev–Trinajstić information content (AvgIpc) is 3.24. The van der Waals surface area contributed by atoms with Gasteiger partial charge in [-0.05, 0) is 18.8 Å². The van der Waals surface area contributed by atoms with E-state index in [1.165, 1.54) is 103 Å². The molecule has 1 N–H and O–H groups in total. The number of hydrogen-bond acceptors (Lipinski definition) is 1. The van der Waals surface area contributed by atoms with Crippen molar-refractivity contribution in [3.05, 3.63) is 24.3 Å². The second-order valence-corrected chi connectivity index (χ2v) is 8.98. The van der Waals surface area contributed by atoms with Gasteiger partial charge in [0.05, 0.1) is 0 Å². The number of amides is 1. The SMILES string of the molecule is CCCCCCCCCCCCCCCCCCCC(=O)NCCC1C=CC=C1. The number of rotatable bonds is 21. The number of unbranched alkanes of at least 4 members (excludes halogenated alkanes) is 16. The van der Waals surface area contributed by atoms with Crippen LogP contribution in [0.1, 0.15) is 129 Å². The van der Waals surface area contributed by atoms with Crippen LogP contribution in [0.25, 0.3) is 0 Å². The Morgan fingerprint density at radius 2 is 1.07 bits per heavy atom. The van der Waals surface area contributed by atoms with Gasteiger partial charge < -0.3 is 5.32 Å². The van der Waals surface area contributed by atoms with E-state index in [1.807, 2.05) is 0 Å². The monoisotopic (exact) mass is 403 g/mol. The van der Waals surface area contributed by atoms with Crippen LogP contribution in [-0.2, 0) is 4.79 Å². The van der Waals surface area contributed by atoms with Gasteiger partial charge in [-0.3, -0.25) is 4.79 Å². The molecule has 0 aromatic carbocycles. The van der Waals surface area contributed by atoms with Crippen LogP contribution >= 0.6 is 0 Å². The van der Waals surface area contributed by atoms with Crippen molar-refractivity contribution >= 4 is 5.91 Å². The minimum Gasteiger partial charge on any atom is -0.356 e. The van der Waals surface area contributed by atoms with Crippen LogP contribution in [0.4, 0.5) is 0 Å². The molecule has 0 spiro atoms. The summed E-state index contributed by atoms with van der Waals surface area (Å²) >= 11 is 0. The lowest BCUT2D eigenvalue weighted by atomic mass is 10.0. The summed E-state index contributed by atoms with van der Waals surface area (Å²) in [6, 6.07) is 0. The first-order chi connectivity index (χ1) is 14.3. The summed E-state index contributed by atoms with van der Waals surface area (Å²) in [4.78, 5) is 11.8. The summed E-state index contributed by atoms with van der Waals surface area (Å²) in [7, 11) is 0. The van der Waals surface area contributed by atoms with Gasteiger partial charge >= 0.3 is 0 Å². The first-order valence-corrected chi connectivity index (χ1v) is 12.9. The first kappa shape index (κ1) is 26.0. The van der Waals surface area contributed by atoms with Crippen LogP contribution in [0, 0.1) is 5.92 Å². The Hall–Kier alpha value is -1.05. The summed E-state index contributed by atoms with van der Waals surface area (Å²) in [5.74, 6) is 0.757. The van der Waals surface area contributed by atoms with Gasteiger partial charge in [-0.1, -0.05) is 134 Å². The molecule has 168 valence electrons. The van der Waals surface area contributed by atoms with Crippen LogP contribution in [-0.4, -0.2) is 12.5 Å². The molecular formula is C27H49NO. The molecule has 0 fully saturated rings. The summed E-state index contributed by atoms with van der Waals surface area (Å²) < 4.78 is 0. The number of hydrogen-bond donors (Lipinski definition) is 1. The van der Waals surface area contributed by atoms with E-state index in [2.05, 4.69) is 36.5 Å². The van der Waals surface area contributed by atoms with E-state index in [0.717, 1.165) is 19.4 Å². The van der Waals surface area contributed by atoms with Crippen LogP contribution in [0.3, 0.4) is 0 Å². The van der Waals surface area contributed by atoms with Crippen molar-refractivity contribution in [2.24, 2.45) is 5.92 Å². The van der Waals surface area contributed by atoms with E-state index >= 15 is 0 Å². The Labute approximate surface area is 182 Å². The molecule has 0 heterocycles. The summed E-state index contributed by atoms with van der Waals surface area (Å²) in [5, 5.41) is 3.06. The zero-order valence-electron chi connectivity index (χ0n) is 19.4. The number of nitrogens with one attached hydrogen (secondary N) is 1. The highest BCUT2D eigenvalue weighted by molar-refractivity contribution is 5.75. The van der Waals surface area contributed by atoms with Crippen molar-refractivity contribution in [2.75, 3.05) is 6.54 Å². The molecule has 2 heteroatoms. The molecule has 0 radical (unpaired) electrons. The van der Waals surface area contributed by atoms with E-state index in [-0.39, 0.29) is 5.91 Å². The molecule has 0 unspecified atom stereocenters. The molecule has 2 nitrogen and oxygen atoms in total. The third kappa shape index (κ3) is 17.5. The molecule has 0 bridgehead atoms. The minimum atomic E-state index is 0.233. The molecule has 0 aliphatic heterocycles. The highest BCUT2D eigenvalue weighted by atomic mass is 16.1. The van der Waals surface area contributed by atoms with Gasteiger partial charge in [0, 0.05) is 13.0 Å². The number of allylic oxidation sites excluding steroid dienone is 4. The highest BCUT2D eigenvalue weighted by Gasteiger charge is 2.05. The smallest absolute Gasteiger partial charge is 0.219 e. The molecule has 29 heavy (non-hydrogen) atoms. The Balaban J connectivity index is 1.70. The van der Waals surface area contributed by atoms with Crippen molar-refractivity contribution in [1.82, 2.24) is 5.32 Å². The van der Waals surface area contributed by atoms with E-state index < -0.39 is 0 Å². The van der Waals surface area contributed by atoms with Gasteiger partial charge in [-0.2, -0.15) is 0 Å². The van der Waals surface area contributed by atoms with E-state index in [0.29, 0.717) is 12.3 Å². The van der Waals surface area contributed by atoms with E-state index in [9.17, 15) is 4.79 Å². The van der Waals surface area contributed by atoms with Crippen molar-refractivity contribution < 1.29 is 4.79 Å². The second-order valence-electron chi connectivity index (χ2n) is 8.98. The second kappa shape index (κ2) is 20.2. The Morgan fingerprint density at radius 1 is 0.655 bits per heavy atom. The van der Waals surface area contributed by atoms with Crippen molar-refractivity contribution in [3.8, 4) is 0 Å². The quantitative estimate of drug-likeness (QED) is 0.192. The van der Waals surface area contributed by atoms with Crippen LogP contribution in [0.2, 0.25) is 0 Å². The highest BCUT2D eigenvalue weighted by Crippen LogP contribution is 2.14. The normalized spacial score (nSPS) is 13.4. The zero-order valence-corrected chi connectivity index (χ0v) is 19.4. The first-order valence-electron chi connectivity index (χ1n) is 12.9. The summed E-state index contributed by atoms with van der Waals surface area (Å²) in [6.45, 7) is 3.09. The number of carbonyl (C=O) groups is 1. The third-order valence-electron chi connectivity index (χ3n) is 6.13. The van der Waals surface area contributed by atoms with Crippen molar-refractivity contribution in [3.63, 3.8) is 0 Å². The molecular weight excluding hydrogens is 354 g/mol. The van der Waals surface area contributed by atoms with Gasteiger partial charge in [-0.25, -0.2) is 0 Å². The van der Waals surface area contributed by atoms with Crippen molar-refractivity contribution in [1.29, 1.82) is 0 Å². The fraction of sp³-hybridized carbons (Fsp3) is 0.815. The Kier molecular flexibility index (Phi) is 18.1. The maximum absolute atomic E-state index is 11.8. The molecule has 1 aliphatic rings. The summed E-state index contributed by atoms with van der Waals surface area (Å²) in [5.41, 5.74) is 0. The van der Waals surface area contributed by atoms with Crippen LogP contribution in [0.15, 0.2) is 24.3 Å². The molecule has 0 saturated carbocycles. The Morgan fingerprint density at radius 3 is 1.52 bits per heavy atom. The van der Waals surface area contributed by atoms with Crippen LogP contribution < -0.4 is 5.32 Å².